The molecule has 0 aromatic heterocycles. The Labute approximate surface area is 108 Å². The molecule has 2 unspecified atom stereocenters. The van der Waals surface area contributed by atoms with Crippen LogP contribution in [0.2, 0.25) is 0 Å². The van der Waals surface area contributed by atoms with E-state index in [4.69, 9.17) is 14.2 Å². The first kappa shape index (κ1) is 12.8. The minimum Gasteiger partial charge on any atom is -0.393 e. The Hall–Kier alpha value is -0.200. The number of aliphatic hydroxyl groups excluding tert-OH is 1. The summed E-state index contributed by atoms with van der Waals surface area (Å²) in [6.45, 7) is 4.87. The normalized spacial score (nSPS) is 43.7. The van der Waals surface area contributed by atoms with Gasteiger partial charge in [-0.3, -0.25) is 0 Å². The van der Waals surface area contributed by atoms with Crippen LogP contribution in [-0.4, -0.2) is 55.0 Å². The molecular weight excluding hydrogens is 234 g/mol. The summed E-state index contributed by atoms with van der Waals surface area (Å²) in [5, 5.41) is 12.9. The van der Waals surface area contributed by atoms with Gasteiger partial charge in [0.25, 0.3) is 0 Å². The van der Waals surface area contributed by atoms with E-state index in [1.54, 1.807) is 0 Å². The van der Waals surface area contributed by atoms with E-state index in [1.165, 1.54) is 0 Å². The van der Waals surface area contributed by atoms with E-state index < -0.39 is 11.4 Å². The molecule has 1 saturated carbocycles. The van der Waals surface area contributed by atoms with Crippen LogP contribution in [0.5, 0.6) is 0 Å². The summed E-state index contributed by atoms with van der Waals surface area (Å²) >= 11 is 0. The second kappa shape index (κ2) is 4.42. The molecule has 5 nitrogen and oxygen atoms in total. The molecule has 2 spiro atoms. The van der Waals surface area contributed by atoms with Crippen molar-refractivity contribution in [3.05, 3.63) is 0 Å². The van der Waals surface area contributed by atoms with Crippen LogP contribution in [-0.2, 0) is 14.2 Å². The molecule has 3 aliphatic rings. The van der Waals surface area contributed by atoms with E-state index in [2.05, 4.69) is 5.32 Å². The van der Waals surface area contributed by atoms with Crippen LogP contribution >= 0.6 is 0 Å². The molecule has 0 amide bonds. The zero-order chi connectivity index (χ0) is 12.7. The lowest BCUT2D eigenvalue weighted by atomic mass is 9.78. The van der Waals surface area contributed by atoms with Gasteiger partial charge in [0.2, 0.25) is 0 Å². The zero-order valence-electron chi connectivity index (χ0n) is 11.0. The Balaban J connectivity index is 1.77. The van der Waals surface area contributed by atoms with Gasteiger partial charge in [-0.25, -0.2) is 0 Å². The third-order valence-corrected chi connectivity index (χ3v) is 4.34. The van der Waals surface area contributed by atoms with Gasteiger partial charge in [0.15, 0.2) is 5.79 Å². The van der Waals surface area contributed by atoms with Gasteiger partial charge in [-0.15, -0.1) is 0 Å². The van der Waals surface area contributed by atoms with Crippen LogP contribution in [0, 0.1) is 0 Å². The summed E-state index contributed by atoms with van der Waals surface area (Å²) in [6.07, 6.45) is 3.77. The summed E-state index contributed by atoms with van der Waals surface area (Å²) in [5.74, 6) is -0.437. The molecule has 0 aromatic rings. The van der Waals surface area contributed by atoms with Crippen molar-refractivity contribution >= 4 is 0 Å². The topological polar surface area (TPSA) is 60.0 Å². The van der Waals surface area contributed by atoms with Crippen LogP contribution in [0.15, 0.2) is 0 Å². The van der Waals surface area contributed by atoms with Gasteiger partial charge >= 0.3 is 0 Å². The molecular formula is C13H23NO4. The van der Waals surface area contributed by atoms with E-state index in [-0.39, 0.29) is 12.2 Å². The molecule has 1 aliphatic carbocycles. The zero-order valence-corrected chi connectivity index (χ0v) is 11.0. The predicted octanol–water partition coefficient (Wildman–Crippen LogP) is 0.413. The van der Waals surface area contributed by atoms with E-state index in [9.17, 15) is 5.11 Å². The molecule has 5 heteroatoms. The Morgan fingerprint density at radius 3 is 2.67 bits per heavy atom. The van der Waals surface area contributed by atoms with Crippen molar-refractivity contribution in [2.45, 2.75) is 49.6 Å². The molecule has 2 aliphatic heterocycles. The summed E-state index contributed by atoms with van der Waals surface area (Å²) in [4.78, 5) is 0. The van der Waals surface area contributed by atoms with Crippen LogP contribution in [0.25, 0.3) is 0 Å². The van der Waals surface area contributed by atoms with Crippen LogP contribution < -0.4 is 5.32 Å². The van der Waals surface area contributed by atoms with Crippen molar-refractivity contribution in [1.29, 1.82) is 0 Å². The third kappa shape index (κ3) is 2.18. The van der Waals surface area contributed by atoms with E-state index in [0.29, 0.717) is 19.8 Å². The molecule has 0 aromatic carbocycles. The number of hydrogen-bond donors (Lipinski definition) is 2. The van der Waals surface area contributed by atoms with E-state index in [1.807, 2.05) is 6.92 Å². The lowest BCUT2D eigenvalue weighted by Crippen LogP contribution is -2.64. The third-order valence-electron chi connectivity index (χ3n) is 4.34. The van der Waals surface area contributed by atoms with Crippen molar-refractivity contribution < 1.29 is 19.3 Å². The fraction of sp³-hybridized carbons (Fsp3) is 1.00. The van der Waals surface area contributed by atoms with Crippen LogP contribution in [0.4, 0.5) is 0 Å². The SMILES string of the molecule is CC1(CO)CNCC2(CCCC3(C2)OCCO3)O1. The predicted molar refractivity (Wildman–Crippen MR) is 65.3 cm³/mol. The fourth-order valence-corrected chi connectivity index (χ4v) is 3.57. The van der Waals surface area contributed by atoms with E-state index >= 15 is 0 Å². The van der Waals surface area contributed by atoms with Gasteiger partial charge in [0.05, 0.1) is 25.4 Å². The molecule has 0 bridgehead atoms. The maximum absolute atomic E-state index is 9.49. The molecule has 2 N–H and O–H groups in total. The first-order valence-corrected chi connectivity index (χ1v) is 6.89. The average molecular weight is 257 g/mol. The molecule has 2 saturated heterocycles. The lowest BCUT2D eigenvalue weighted by molar-refractivity contribution is -0.265. The molecule has 18 heavy (non-hydrogen) atoms. The van der Waals surface area contributed by atoms with Crippen molar-refractivity contribution in [2.24, 2.45) is 0 Å². The average Bonchev–Trinajstić information content (AvgIpc) is 2.77. The summed E-state index contributed by atoms with van der Waals surface area (Å²) in [7, 11) is 0. The number of rotatable bonds is 1. The highest BCUT2D eigenvalue weighted by molar-refractivity contribution is 5.01. The quantitative estimate of drug-likeness (QED) is 0.712. The molecule has 104 valence electrons. The number of nitrogens with one attached hydrogen (secondary N) is 1. The Kier molecular flexibility index (Phi) is 3.15. The van der Waals surface area contributed by atoms with Gasteiger partial charge in [0.1, 0.15) is 5.60 Å². The molecule has 3 fully saturated rings. The van der Waals surface area contributed by atoms with E-state index in [0.717, 1.165) is 32.2 Å². The Morgan fingerprint density at radius 2 is 1.94 bits per heavy atom. The smallest absolute Gasteiger partial charge is 0.171 e. The monoisotopic (exact) mass is 257 g/mol. The number of aliphatic hydroxyl groups is 1. The maximum Gasteiger partial charge on any atom is 0.171 e. The van der Waals surface area contributed by atoms with Crippen molar-refractivity contribution in [3.8, 4) is 0 Å². The first-order valence-electron chi connectivity index (χ1n) is 6.89. The van der Waals surface area contributed by atoms with Gasteiger partial charge in [-0.2, -0.15) is 0 Å². The largest absolute Gasteiger partial charge is 0.393 e. The second-order valence-corrected chi connectivity index (χ2v) is 6.13. The van der Waals surface area contributed by atoms with Crippen LogP contribution in [0.1, 0.15) is 32.6 Å². The van der Waals surface area contributed by atoms with Crippen molar-refractivity contribution in [3.63, 3.8) is 0 Å². The van der Waals surface area contributed by atoms with Gasteiger partial charge < -0.3 is 24.6 Å². The standard InChI is InChI=1S/C13H23NO4/c1-11(10-15)8-14-9-12(18-11)3-2-4-13(7-12)16-5-6-17-13/h14-15H,2-10H2,1H3. The lowest BCUT2D eigenvalue weighted by Gasteiger charge is -2.51. The Bertz CT molecular complexity index is 314. The minimum absolute atomic E-state index is 0.0382. The van der Waals surface area contributed by atoms with Gasteiger partial charge in [-0.05, 0) is 19.8 Å². The van der Waals surface area contributed by atoms with Crippen molar-refractivity contribution in [2.75, 3.05) is 32.9 Å². The highest BCUT2D eigenvalue weighted by atomic mass is 16.7. The highest BCUT2D eigenvalue weighted by Gasteiger charge is 2.53. The minimum atomic E-state index is -0.491. The maximum atomic E-state index is 9.49. The Morgan fingerprint density at radius 1 is 1.17 bits per heavy atom. The molecule has 3 rings (SSSR count). The second-order valence-electron chi connectivity index (χ2n) is 6.13. The molecule has 0 radical (unpaired) electrons. The molecule has 2 atom stereocenters. The van der Waals surface area contributed by atoms with Crippen molar-refractivity contribution in [1.82, 2.24) is 5.32 Å². The summed E-state index contributed by atoms with van der Waals surface area (Å²) < 4.78 is 17.9. The first-order chi connectivity index (χ1) is 8.60. The van der Waals surface area contributed by atoms with Gasteiger partial charge in [0, 0.05) is 25.9 Å². The summed E-state index contributed by atoms with van der Waals surface area (Å²) in [5.41, 5.74) is -0.742. The van der Waals surface area contributed by atoms with Gasteiger partial charge in [-0.1, -0.05) is 0 Å². The summed E-state index contributed by atoms with van der Waals surface area (Å²) in [6, 6.07) is 0. The number of hydrogen-bond acceptors (Lipinski definition) is 5. The number of morpholine rings is 1. The number of ether oxygens (including phenoxy) is 3. The van der Waals surface area contributed by atoms with Crippen LogP contribution in [0.3, 0.4) is 0 Å². The molecule has 2 heterocycles. The fourth-order valence-electron chi connectivity index (χ4n) is 3.57. The highest BCUT2D eigenvalue weighted by Crippen LogP contribution is 2.45.